The Balaban J connectivity index is 1.40. The van der Waals surface area contributed by atoms with Gasteiger partial charge in [0.05, 0.1) is 4.90 Å². The predicted molar refractivity (Wildman–Crippen MR) is 111 cm³/mol. The summed E-state index contributed by atoms with van der Waals surface area (Å²) in [6.45, 7) is 1.02. The lowest BCUT2D eigenvalue weighted by atomic mass is 10.1. The summed E-state index contributed by atoms with van der Waals surface area (Å²) < 4.78 is 64.5. The summed E-state index contributed by atoms with van der Waals surface area (Å²) in [7, 11) is -2.18. The molecule has 2 aromatic rings. The minimum atomic E-state index is -3.68. The molecule has 1 heterocycles. The van der Waals surface area contributed by atoms with Crippen LogP contribution in [-0.2, 0) is 14.8 Å². The molecule has 0 aromatic heterocycles. The van der Waals surface area contributed by atoms with Crippen LogP contribution in [0.3, 0.4) is 0 Å². The molecule has 31 heavy (non-hydrogen) atoms. The molecular formula is C21H24F2N2O5S. The first-order chi connectivity index (χ1) is 14.8. The van der Waals surface area contributed by atoms with Crippen molar-refractivity contribution in [2.75, 3.05) is 31.7 Å². The number of nitrogens with zero attached hydrogens (tertiary/aromatic N) is 1. The number of hydrogen-bond donors (Lipinski definition) is 1. The van der Waals surface area contributed by atoms with Gasteiger partial charge < -0.3 is 14.4 Å². The summed E-state index contributed by atoms with van der Waals surface area (Å²) in [6, 6.07) is 7.75. The van der Waals surface area contributed by atoms with E-state index in [0.29, 0.717) is 44.0 Å². The molecule has 0 atom stereocenters. The molecule has 0 radical (unpaired) electrons. The molecule has 0 fully saturated rings. The zero-order valence-corrected chi connectivity index (χ0v) is 17.9. The summed E-state index contributed by atoms with van der Waals surface area (Å²) in [5, 5.41) is 0. The van der Waals surface area contributed by atoms with Crippen LogP contribution in [0.25, 0.3) is 0 Å². The van der Waals surface area contributed by atoms with E-state index in [2.05, 4.69) is 4.72 Å². The number of fused-ring (bicyclic) bond motifs is 1. The van der Waals surface area contributed by atoms with Crippen molar-refractivity contribution >= 4 is 21.6 Å². The highest BCUT2D eigenvalue weighted by atomic mass is 32.2. The fourth-order valence-electron chi connectivity index (χ4n) is 3.06. The van der Waals surface area contributed by atoms with Gasteiger partial charge in [0.15, 0.2) is 23.1 Å². The molecule has 1 amide bonds. The third kappa shape index (κ3) is 5.92. The summed E-state index contributed by atoms with van der Waals surface area (Å²) in [5.74, 6) is -1.30. The van der Waals surface area contributed by atoms with Crippen LogP contribution < -0.4 is 19.1 Å². The molecule has 3 rings (SSSR count). The number of amides is 1. The quantitative estimate of drug-likeness (QED) is 0.588. The number of rotatable bonds is 9. The molecule has 7 nitrogen and oxygen atoms in total. The Labute approximate surface area is 180 Å². The highest BCUT2D eigenvalue weighted by Gasteiger charge is 2.19. The van der Waals surface area contributed by atoms with E-state index in [4.69, 9.17) is 9.47 Å². The van der Waals surface area contributed by atoms with E-state index in [9.17, 15) is 22.0 Å². The highest BCUT2D eigenvalue weighted by molar-refractivity contribution is 7.89. The summed E-state index contributed by atoms with van der Waals surface area (Å²) in [5.41, 5.74) is 0.274. The Morgan fingerprint density at radius 2 is 1.74 bits per heavy atom. The molecule has 1 N–H and O–H groups in total. The molecule has 0 saturated heterocycles. The van der Waals surface area contributed by atoms with Crippen molar-refractivity contribution in [2.45, 2.75) is 30.6 Å². The van der Waals surface area contributed by atoms with E-state index >= 15 is 0 Å². The number of carbonyl (C=O) groups excluding carboxylic acids is 1. The standard InChI is InChI=1S/C21H24F2N2O5S/c1-25(15-6-8-17(22)18(23)13-15)21(26)5-3-2-4-10-24-31(27,28)16-7-9-19-20(14-16)30-12-11-29-19/h6-9,13-14,24H,2-5,10-12H2,1H3. The number of unbranched alkanes of at least 4 members (excludes halogenated alkanes) is 2. The first-order valence-electron chi connectivity index (χ1n) is 9.89. The van der Waals surface area contributed by atoms with Gasteiger partial charge in [0.25, 0.3) is 0 Å². The average molecular weight is 454 g/mol. The second kappa shape index (κ2) is 10.1. The zero-order chi connectivity index (χ0) is 22.4. The van der Waals surface area contributed by atoms with Crippen LogP contribution in [0.15, 0.2) is 41.3 Å². The van der Waals surface area contributed by atoms with Gasteiger partial charge >= 0.3 is 0 Å². The Morgan fingerprint density at radius 3 is 2.48 bits per heavy atom. The topological polar surface area (TPSA) is 84.9 Å². The minimum absolute atomic E-state index is 0.0973. The number of anilines is 1. The number of ether oxygens (including phenoxy) is 2. The third-order valence-electron chi connectivity index (χ3n) is 4.85. The van der Waals surface area contributed by atoms with Crippen LogP contribution in [0.2, 0.25) is 0 Å². The van der Waals surface area contributed by atoms with Crippen LogP contribution in [-0.4, -0.2) is 41.1 Å². The van der Waals surface area contributed by atoms with Gasteiger partial charge in [-0.05, 0) is 37.1 Å². The smallest absolute Gasteiger partial charge is 0.240 e. The maximum absolute atomic E-state index is 13.3. The zero-order valence-electron chi connectivity index (χ0n) is 17.1. The van der Waals surface area contributed by atoms with E-state index in [1.807, 2.05) is 0 Å². The number of benzene rings is 2. The fourth-order valence-corrected chi connectivity index (χ4v) is 4.15. The lowest BCUT2D eigenvalue weighted by molar-refractivity contribution is -0.118. The SMILES string of the molecule is CN(C(=O)CCCCCNS(=O)(=O)c1ccc2c(c1)OCCO2)c1ccc(F)c(F)c1. The minimum Gasteiger partial charge on any atom is -0.486 e. The maximum Gasteiger partial charge on any atom is 0.240 e. The van der Waals surface area contributed by atoms with E-state index < -0.39 is 21.7 Å². The second-order valence-electron chi connectivity index (χ2n) is 7.07. The molecule has 1 aliphatic rings. The highest BCUT2D eigenvalue weighted by Crippen LogP contribution is 2.32. The van der Waals surface area contributed by atoms with E-state index in [1.165, 1.54) is 30.1 Å². The van der Waals surface area contributed by atoms with Gasteiger partial charge in [0.2, 0.25) is 15.9 Å². The summed E-state index contributed by atoms with van der Waals surface area (Å²) in [6.07, 6.45) is 1.93. The normalized spacial score (nSPS) is 13.1. The van der Waals surface area contributed by atoms with Gasteiger partial charge in [0, 0.05) is 37.8 Å². The first kappa shape index (κ1) is 23.0. The molecule has 1 aliphatic heterocycles. The van der Waals surface area contributed by atoms with Crippen molar-refractivity contribution in [2.24, 2.45) is 0 Å². The van der Waals surface area contributed by atoms with Crippen molar-refractivity contribution in [3.8, 4) is 11.5 Å². The van der Waals surface area contributed by atoms with Crippen LogP contribution in [0.4, 0.5) is 14.5 Å². The van der Waals surface area contributed by atoms with Crippen LogP contribution in [0.5, 0.6) is 11.5 Å². The molecule has 168 valence electrons. The van der Waals surface area contributed by atoms with Gasteiger partial charge in [-0.15, -0.1) is 0 Å². The number of carbonyl (C=O) groups is 1. The Hall–Kier alpha value is -2.72. The lowest BCUT2D eigenvalue weighted by Gasteiger charge is -2.19. The van der Waals surface area contributed by atoms with E-state index in [1.54, 1.807) is 6.07 Å². The number of sulfonamides is 1. The lowest BCUT2D eigenvalue weighted by Crippen LogP contribution is -2.26. The molecule has 2 aromatic carbocycles. The molecular weight excluding hydrogens is 430 g/mol. The Kier molecular flexibility index (Phi) is 7.45. The molecule has 10 heteroatoms. The molecule has 0 unspecified atom stereocenters. The van der Waals surface area contributed by atoms with Gasteiger partial charge in [0.1, 0.15) is 13.2 Å². The van der Waals surface area contributed by atoms with Crippen molar-refractivity contribution < 1.29 is 31.5 Å². The monoisotopic (exact) mass is 454 g/mol. The number of nitrogens with one attached hydrogen (secondary N) is 1. The van der Waals surface area contributed by atoms with Gasteiger partial charge in [-0.1, -0.05) is 6.42 Å². The fraction of sp³-hybridized carbons (Fsp3) is 0.381. The van der Waals surface area contributed by atoms with Gasteiger partial charge in [-0.25, -0.2) is 21.9 Å². The number of hydrogen-bond acceptors (Lipinski definition) is 5. The predicted octanol–water partition coefficient (Wildman–Crippen LogP) is 3.24. The van der Waals surface area contributed by atoms with Crippen molar-refractivity contribution in [3.63, 3.8) is 0 Å². The van der Waals surface area contributed by atoms with Crippen LogP contribution >= 0.6 is 0 Å². The number of halogens is 2. The molecule has 0 aliphatic carbocycles. The Bertz CT molecular complexity index is 1050. The molecule has 0 spiro atoms. The van der Waals surface area contributed by atoms with E-state index in [-0.39, 0.29) is 29.5 Å². The van der Waals surface area contributed by atoms with Crippen LogP contribution in [0.1, 0.15) is 25.7 Å². The van der Waals surface area contributed by atoms with Gasteiger partial charge in [-0.2, -0.15) is 0 Å². The average Bonchev–Trinajstić information content (AvgIpc) is 2.77. The van der Waals surface area contributed by atoms with Crippen molar-refractivity contribution in [1.82, 2.24) is 4.72 Å². The van der Waals surface area contributed by atoms with E-state index in [0.717, 1.165) is 12.1 Å². The Morgan fingerprint density at radius 1 is 1.00 bits per heavy atom. The first-order valence-corrected chi connectivity index (χ1v) is 11.4. The molecule has 0 saturated carbocycles. The van der Waals surface area contributed by atoms with Crippen molar-refractivity contribution in [3.05, 3.63) is 48.0 Å². The molecule has 0 bridgehead atoms. The summed E-state index contributed by atoms with van der Waals surface area (Å²) >= 11 is 0. The third-order valence-corrected chi connectivity index (χ3v) is 6.31. The second-order valence-corrected chi connectivity index (χ2v) is 8.83. The summed E-state index contributed by atoms with van der Waals surface area (Å²) in [4.78, 5) is 13.6. The largest absolute Gasteiger partial charge is 0.486 e. The van der Waals surface area contributed by atoms with Gasteiger partial charge in [-0.3, -0.25) is 4.79 Å². The van der Waals surface area contributed by atoms with Crippen LogP contribution in [0, 0.1) is 11.6 Å². The van der Waals surface area contributed by atoms with Crippen molar-refractivity contribution in [1.29, 1.82) is 0 Å². The maximum atomic E-state index is 13.3.